The summed E-state index contributed by atoms with van der Waals surface area (Å²) in [4.78, 5) is 2.45. The van der Waals surface area contributed by atoms with Gasteiger partial charge in [-0.15, -0.1) is 0 Å². The van der Waals surface area contributed by atoms with E-state index in [1.165, 1.54) is 31.2 Å². The summed E-state index contributed by atoms with van der Waals surface area (Å²) < 4.78 is 5.79. The molecule has 1 atom stereocenters. The van der Waals surface area contributed by atoms with E-state index in [2.05, 4.69) is 36.1 Å². The molecule has 3 heteroatoms. The fourth-order valence-electron chi connectivity index (χ4n) is 3.11. The lowest BCUT2D eigenvalue weighted by Crippen LogP contribution is -2.36. The average molecular weight is 305 g/mol. The van der Waals surface area contributed by atoms with Crippen molar-refractivity contribution in [3.05, 3.63) is 29.8 Å². The SMILES string of the molecule is CCCCCCOc1ccc(CN2CCCC(CO)C2)cc1. The second-order valence-corrected chi connectivity index (χ2v) is 6.48. The number of likely N-dealkylation sites (tertiary alicyclic amines) is 1. The minimum absolute atomic E-state index is 0.321. The molecule has 1 heterocycles. The second kappa shape index (κ2) is 9.86. The van der Waals surface area contributed by atoms with Crippen LogP contribution in [0.5, 0.6) is 5.75 Å². The van der Waals surface area contributed by atoms with Crippen LogP contribution in [0.1, 0.15) is 51.0 Å². The van der Waals surface area contributed by atoms with Crippen molar-refractivity contribution in [3.63, 3.8) is 0 Å². The van der Waals surface area contributed by atoms with Crippen LogP contribution in [0.3, 0.4) is 0 Å². The second-order valence-electron chi connectivity index (χ2n) is 6.48. The monoisotopic (exact) mass is 305 g/mol. The van der Waals surface area contributed by atoms with Crippen LogP contribution < -0.4 is 4.74 Å². The molecule has 1 fully saturated rings. The Morgan fingerprint density at radius 3 is 2.73 bits per heavy atom. The molecule has 1 aliphatic heterocycles. The fourth-order valence-corrected chi connectivity index (χ4v) is 3.11. The van der Waals surface area contributed by atoms with E-state index < -0.39 is 0 Å². The van der Waals surface area contributed by atoms with Gasteiger partial charge in [-0.3, -0.25) is 4.90 Å². The van der Waals surface area contributed by atoms with Crippen molar-refractivity contribution in [2.75, 3.05) is 26.3 Å². The van der Waals surface area contributed by atoms with Crippen molar-refractivity contribution < 1.29 is 9.84 Å². The summed E-state index contributed by atoms with van der Waals surface area (Å²) in [7, 11) is 0. The van der Waals surface area contributed by atoms with Gasteiger partial charge in [0.05, 0.1) is 6.61 Å². The zero-order valence-corrected chi connectivity index (χ0v) is 14.0. The minimum atomic E-state index is 0.321. The van der Waals surface area contributed by atoms with Gasteiger partial charge in [0.1, 0.15) is 5.75 Å². The molecule has 1 aromatic carbocycles. The molecule has 0 spiro atoms. The highest BCUT2D eigenvalue weighted by Gasteiger charge is 2.18. The molecule has 0 aromatic heterocycles. The zero-order valence-electron chi connectivity index (χ0n) is 14.0. The Bertz CT molecular complexity index is 404. The predicted molar refractivity (Wildman–Crippen MR) is 91.2 cm³/mol. The molecule has 0 radical (unpaired) electrons. The molecule has 0 amide bonds. The van der Waals surface area contributed by atoms with Crippen LogP contribution in [0, 0.1) is 5.92 Å². The maximum atomic E-state index is 9.30. The highest BCUT2D eigenvalue weighted by molar-refractivity contribution is 5.27. The molecular weight excluding hydrogens is 274 g/mol. The first-order valence-electron chi connectivity index (χ1n) is 8.86. The lowest BCUT2D eigenvalue weighted by Gasteiger charge is -2.31. The topological polar surface area (TPSA) is 32.7 Å². The van der Waals surface area contributed by atoms with Crippen molar-refractivity contribution >= 4 is 0 Å². The van der Waals surface area contributed by atoms with Crippen molar-refractivity contribution in [1.82, 2.24) is 4.90 Å². The molecule has 0 bridgehead atoms. The molecule has 22 heavy (non-hydrogen) atoms. The molecule has 2 rings (SSSR count). The third-order valence-electron chi connectivity index (χ3n) is 4.46. The Balaban J connectivity index is 1.72. The van der Waals surface area contributed by atoms with Gasteiger partial charge in [0.25, 0.3) is 0 Å². The molecule has 0 saturated carbocycles. The average Bonchev–Trinajstić information content (AvgIpc) is 2.56. The summed E-state index contributed by atoms with van der Waals surface area (Å²) in [6.07, 6.45) is 7.33. The van der Waals surface area contributed by atoms with Gasteiger partial charge >= 0.3 is 0 Å². The van der Waals surface area contributed by atoms with Gasteiger partial charge in [0, 0.05) is 19.7 Å². The standard InChI is InChI=1S/C19H31NO2/c1-2-3-4-5-13-22-19-10-8-17(9-11-19)14-20-12-6-7-18(15-20)16-21/h8-11,18,21H,2-7,12-16H2,1H3. The Labute approximate surface area is 135 Å². The van der Waals surface area contributed by atoms with E-state index in [1.54, 1.807) is 0 Å². The third kappa shape index (κ3) is 5.98. The van der Waals surface area contributed by atoms with Crippen molar-refractivity contribution in [2.45, 2.75) is 52.0 Å². The van der Waals surface area contributed by atoms with Crippen LogP contribution in [0.4, 0.5) is 0 Å². The van der Waals surface area contributed by atoms with Gasteiger partial charge in [-0.2, -0.15) is 0 Å². The molecule has 1 aromatic rings. The van der Waals surface area contributed by atoms with Crippen LogP contribution in [-0.2, 0) is 6.54 Å². The number of hydrogen-bond acceptors (Lipinski definition) is 3. The van der Waals surface area contributed by atoms with E-state index in [0.29, 0.717) is 12.5 Å². The Hall–Kier alpha value is -1.06. The number of rotatable bonds is 9. The lowest BCUT2D eigenvalue weighted by molar-refractivity contribution is 0.116. The molecule has 1 saturated heterocycles. The van der Waals surface area contributed by atoms with E-state index in [9.17, 15) is 5.11 Å². The zero-order chi connectivity index (χ0) is 15.6. The number of piperidine rings is 1. The Morgan fingerprint density at radius 1 is 1.18 bits per heavy atom. The normalized spacial score (nSPS) is 19.3. The van der Waals surface area contributed by atoms with E-state index in [1.807, 2.05) is 0 Å². The number of aliphatic hydroxyl groups excluding tert-OH is 1. The maximum Gasteiger partial charge on any atom is 0.119 e. The van der Waals surface area contributed by atoms with Crippen LogP contribution in [0.25, 0.3) is 0 Å². The quantitative estimate of drug-likeness (QED) is 0.703. The number of benzene rings is 1. The molecular formula is C19H31NO2. The minimum Gasteiger partial charge on any atom is -0.494 e. The van der Waals surface area contributed by atoms with Crippen LogP contribution >= 0.6 is 0 Å². The summed E-state index contributed by atoms with van der Waals surface area (Å²) >= 11 is 0. The smallest absolute Gasteiger partial charge is 0.119 e. The number of ether oxygens (including phenoxy) is 1. The first kappa shape index (κ1) is 17.3. The fraction of sp³-hybridized carbons (Fsp3) is 0.684. The van der Waals surface area contributed by atoms with E-state index in [-0.39, 0.29) is 0 Å². The number of nitrogens with zero attached hydrogens (tertiary/aromatic N) is 1. The largest absolute Gasteiger partial charge is 0.494 e. The van der Waals surface area contributed by atoms with Crippen molar-refractivity contribution in [2.24, 2.45) is 5.92 Å². The molecule has 0 aliphatic carbocycles. The number of hydrogen-bond donors (Lipinski definition) is 1. The highest BCUT2D eigenvalue weighted by Crippen LogP contribution is 2.19. The van der Waals surface area contributed by atoms with E-state index >= 15 is 0 Å². The summed E-state index contributed by atoms with van der Waals surface area (Å²) in [5.41, 5.74) is 1.33. The van der Waals surface area contributed by atoms with Gasteiger partial charge in [-0.05, 0) is 49.4 Å². The van der Waals surface area contributed by atoms with Gasteiger partial charge in [-0.1, -0.05) is 38.3 Å². The van der Waals surface area contributed by atoms with E-state index in [0.717, 1.165) is 44.8 Å². The molecule has 124 valence electrons. The maximum absolute atomic E-state index is 9.30. The highest BCUT2D eigenvalue weighted by atomic mass is 16.5. The van der Waals surface area contributed by atoms with Gasteiger partial charge in [-0.25, -0.2) is 0 Å². The Kier molecular flexibility index (Phi) is 7.75. The first-order valence-corrected chi connectivity index (χ1v) is 8.86. The predicted octanol–water partition coefficient (Wildman–Crippen LogP) is 3.85. The van der Waals surface area contributed by atoms with Gasteiger partial charge < -0.3 is 9.84 Å². The Morgan fingerprint density at radius 2 is 2.00 bits per heavy atom. The molecule has 1 N–H and O–H groups in total. The molecule has 1 unspecified atom stereocenters. The molecule has 3 nitrogen and oxygen atoms in total. The van der Waals surface area contributed by atoms with Crippen molar-refractivity contribution in [1.29, 1.82) is 0 Å². The van der Waals surface area contributed by atoms with Crippen LogP contribution in [0.2, 0.25) is 0 Å². The van der Waals surface area contributed by atoms with Gasteiger partial charge in [0.15, 0.2) is 0 Å². The molecule has 1 aliphatic rings. The number of aliphatic hydroxyl groups is 1. The van der Waals surface area contributed by atoms with Crippen LogP contribution in [0.15, 0.2) is 24.3 Å². The van der Waals surface area contributed by atoms with E-state index in [4.69, 9.17) is 4.74 Å². The summed E-state index contributed by atoms with van der Waals surface area (Å²) in [5, 5.41) is 9.30. The lowest BCUT2D eigenvalue weighted by atomic mass is 9.98. The van der Waals surface area contributed by atoms with Gasteiger partial charge in [0.2, 0.25) is 0 Å². The number of unbranched alkanes of at least 4 members (excludes halogenated alkanes) is 3. The van der Waals surface area contributed by atoms with Crippen LogP contribution in [-0.4, -0.2) is 36.3 Å². The summed E-state index contributed by atoms with van der Waals surface area (Å²) in [6, 6.07) is 8.51. The summed E-state index contributed by atoms with van der Waals surface area (Å²) in [5.74, 6) is 1.44. The summed E-state index contributed by atoms with van der Waals surface area (Å²) in [6.45, 7) is 6.52. The van der Waals surface area contributed by atoms with Crippen molar-refractivity contribution in [3.8, 4) is 5.75 Å². The third-order valence-corrected chi connectivity index (χ3v) is 4.46. The first-order chi connectivity index (χ1) is 10.8.